The molecule has 164 valence electrons. The molecule has 1 saturated carbocycles. The number of nitrogens with zero attached hydrogens (tertiary/aromatic N) is 2. The van der Waals surface area contributed by atoms with Crippen molar-refractivity contribution in [2.45, 2.75) is 31.6 Å². The number of nitrogens with one attached hydrogen (secondary N) is 1. The first-order chi connectivity index (χ1) is 15.6. The number of likely N-dealkylation sites (tertiary alicyclic amines) is 1. The molecule has 7 heteroatoms. The smallest absolute Gasteiger partial charge is 0.276 e. The Kier molecular flexibility index (Phi) is 5.47. The number of anilines is 1. The van der Waals surface area contributed by atoms with Gasteiger partial charge in [-0.15, -0.1) is 0 Å². The van der Waals surface area contributed by atoms with E-state index < -0.39 is 0 Å². The number of hydrogen-bond acceptors (Lipinski definition) is 4. The van der Waals surface area contributed by atoms with Gasteiger partial charge in [0.15, 0.2) is 5.69 Å². The van der Waals surface area contributed by atoms with Crippen molar-refractivity contribution in [3.8, 4) is 11.1 Å². The molecular formula is C25H24FN3O3. The highest BCUT2D eigenvalue weighted by molar-refractivity contribution is 5.95. The van der Waals surface area contributed by atoms with Gasteiger partial charge in [0, 0.05) is 30.8 Å². The summed E-state index contributed by atoms with van der Waals surface area (Å²) in [6.07, 6.45) is 3.64. The van der Waals surface area contributed by atoms with E-state index in [-0.39, 0.29) is 23.5 Å². The Bertz CT molecular complexity index is 1140. The second-order valence-electron chi connectivity index (χ2n) is 8.56. The summed E-state index contributed by atoms with van der Waals surface area (Å²) in [7, 11) is 0. The molecular weight excluding hydrogens is 409 g/mol. The monoisotopic (exact) mass is 433 g/mol. The normalized spacial score (nSPS) is 18.4. The molecule has 2 aliphatic rings. The molecule has 1 aliphatic heterocycles. The third-order valence-electron chi connectivity index (χ3n) is 6.11. The quantitative estimate of drug-likeness (QED) is 0.624. The number of piperidine rings is 1. The Morgan fingerprint density at radius 1 is 1.03 bits per heavy atom. The van der Waals surface area contributed by atoms with E-state index >= 15 is 0 Å². The molecule has 6 nitrogen and oxygen atoms in total. The van der Waals surface area contributed by atoms with Crippen LogP contribution in [0.1, 0.15) is 47.8 Å². The first kappa shape index (κ1) is 20.4. The molecule has 2 amide bonds. The van der Waals surface area contributed by atoms with Gasteiger partial charge in [-0.1, -0.05) is 29.4 Å². The van der Waals surface area contributed by atoms with Crippen molar-refractivity contribution in [3.63, 3.8) is 0 Å². The van der Waals surface area contributed by atoms with E-state index in [0.29, 0.717) is 30.4 Å². The molecule has 0 bridgehead atoms. The molecule has 3 aromatic rings. The average Bonchev–Trinajstić information content (AvgIpc) is 3.56. The standard InChI is InChI=1S/C25H24FN3O3/c26-20-10-8-16(9-11-20)18-3-1-5-21(13-18)27-24(30)19-4-2-12-29(15-19)25(31)22-14-23(32-28-22)17-6-7-17/h1,3,5,8-11,13-14,17,19H,2,4,6-7,12,15H2,(H,27,30)/t19-/m0/s1. The van der Waals surface area contributed by atoms with E-state index in [0.717, 1.165) is 42.6 Å². The summed E-state index contributed by atoms with van der Waals surface area (Å²) in [5.41, 5.74) is 2.75. The van der Waals surface area contributed by atoms with E-state index in [2.05, 4.69) is 10.5 Å². The number of halogens is 1. The van der Waals surface area contributed by atoms with Gasteiger partial charge in [0.25, 0.3) is 5.91 Å². The number of hydrogen-bond donors (Lipinski definition) is 1. The molecule has 1 aliphatic carbocycles. The molecule has 0 spiro atoms. The van der Waals surface area contributed by atoms with Gasteiger partial charge in [-0.3, -0.25) is 9.59 Å². The van der Waals surface area contributed by atoms with Gasteiger partial charge < -0.3 is 14.7 Å². The van der Waals surface area contributed by atoms with Crippen molar-refractivity contribution in [1.82, 2.24) is 10.1 Å². The summed E-state index contributed by atoms with van der Waals surface area (Å²) in [5.74, 6) is 0.297. The van der Waals surface area contributed by atoms with Crippen molar-refractivity contribution in [2.24, 2.45) is 5.92 Å². The summed E-state index contributed by atoms with van der Waals surface area (Å²) >= 11 is 0. The maximum Gasteiger partial charge on any atom is 0.276 e. The maximum absolute atomic E-state index is 13.2. The van der Waals surface area contributed by atoms with Crippen LogP contribution in [0.25, 0.3) is 11.1 Å². The summed E-state index contributed by atoms with van der Waals surface area (Å²) in [5, 5.41) is 6.92. The van der Waals surface area contributed by atoms with Gasteiger partial charge in [0.1, 0.15) is 11.6 Å². The first-order valence-electron chi connectivity index (χ1n) is 11.0. The zero-order valence-electron chi connectivity index (χ0n) is 17.6. The van der Waals surface area contributed by atoms with Crippen molar-refractivity contribution in [2.75, 3.05) is 18.4 Å². The van der Waals surface area contributed by atoms with Crippen LogP contribution in [0.3, 0.4) is 0 Å². The van der Waals surface area contributed by atoms with Crippen molar-refractivity contribution < 1.29 is 18.5 Å². The number of carbonyl (C=O) groups is 2. The third-order valence-corrected chi connectivity index (χ3v) is 6.11. The van der Waals surface area contributed by atoms with Gasteiger partial charge in [-0.05, 0) is 61.1 Å². The Labute approximate surface area is 185 Å². The number of carbonyl (C=O) groups excluding carboxylic acids is 2. The van der Waals surface area contributed by atoms with Gasteiger partial charge in [0.05, 0.1) is 5.92 Å². The van der Waals surface area contributed by atoms with E-state index in [1.165, 1.54) is 12.1 Å². The lowest BCUT2D eigenvalue weighted by Gasteiger charge is -2.31. The number of aromatic nitrogens is 1. The topological polar surface area (TPSA) is 75.4 Å². The van der Waals surface area contributed by atoms with Gasteiger partial charge in [-0.2, -0.15) is 0 Å². The van der Waals surface area contributed by atoms with Crippen molar-refractivity contribution >= 4 is 17.5 Å². The lowest BCUT2D eigenvalue weighted by Crippen LogP contribution is -2.43. The first-order valence-corrected chi connectivity index (χ1v) is 11.0. The predicted molar refractivity (Wildman–Crippen MR) is 118 cm³/mol. The molecule has 2 heterocycles. The molecule has 0 radical (unpaired) electrons. The van der Waals surface area contributed by atoms with Gasteiger partial charge >= 0.3 is 0 Å². The van der Waals surface area contributed by atoms with Crippen LogP contribution in [-0.2, 0) is 4.79 Å². The van der Waals surface area contributed by atoms with Crippen LogP contribution < -0.4 is 5.32 Å². The molecule has 2 aromatic carbocycles. The van der Waals surface area contributed by atoms with E-state index in [1.54, 1.807) is 23.1 Å². The van der Waals surface area contributed by atoms with Crippen LogP contribution in [0.2, 0.25) is 0 Å². The van der Waals surface area contributed by atoms with Crippen molar-refractivity contribution in [3.05, 3.63) is 71.9 Å². The highest BCUT2D eigenvalue weighted by Crippen LogP contribution is 2.40. The molecule has 0 unspecified atom stereocenters. The lowest BCUT2D eigenvalue weighted by molar-refractivity contribution is -0.121. The Morgan fingerprint density at radius 2 is 1.84 bits per heavy atom. The van der Waals surface area contributed by atoms with Crippen LogP contribution in [0.15, 0.2) is 59.1 Å². The number of amides is 2. The minimum Gasteiger partial charge on any atom is -0.360 e. The zero-order chi connectivity index (χ0) is 22.1. The Morgan fingerprint density at radius 3 is 2.62 bits per heavy atom. The molecule has 5 rings (SSSR count). The average molecular weight is 433 g/mol. The van der Waals surface area contributed by atoms with Crippen molar-refractivity contribution in [1.29, 1.82) is 0 Å². The van der Waals surface area contributed by atoms with Gasteiger partial charge in [-0.25, -0.2) is 4.39 Å². The summed E-state index contributed by atoms with van der Waals surface area (Å²) in [6, 6.07) is 15.4. The van der Waals surface area contributed by atoms with Crippen LogP contribution in [0.4, 0.5) is 10.1 Å². The zero-order valence-corrected chi connectivity index (χ0v) is 17.6. The van der Waals surface area contributed by atoms with E-state index in [4.69, 9.17) is 4.52 Å². The second kappa shape index (κ2) is 8.57. The fourth-order valence-electron chi connectivity index (χ4n) is 4.15. The fourth-order valence-corrected chi connectivity index (χ4v) is 4.15. The molecule has 2 fully saturated rings. The SMILES string of the molecule is O=C(Nc1cccc(-c2ccc(F)cc2)c1)[C@H]1CCCN(C(=O)c2cc(C3CC3)on2)C1. The highest BCUT2D eigenvalue weighted by Gasteiger charge is 2.32. The summed E-state index contributed by atoms with van der Waals surface area (Å²) < 4.78 is 18.5. The lowest BCUT2D eigenvalue weighted by atomic mass is 9.96. The maximum atomic E-state index is 13.2. The molecule has 1 saturated heterocycles. The molecule has 1 aromatic heterocycles. The minimum absolute atomic E-state index is 0.113. The summed E-state index contributed by atoms with van der Waals surface area (Å²) in [4.78, 5) is 27.5. The van der Waals surface area contributed by atoms with Crippen LogP contribution in [-0.4, -0.2) is 35.0 Å². The Hall–Kier alpha value is -3.48. The van der Waals surface area contributed by atoms with Crippen LogP contribution in [0.5, 0.6) is 0 Å². The highest BCUT2D eigenvalue weighted by atomic mass is 19.1. The number of rotatable bonds is 5. The van der Waals surface area contributed by atoms with Gasteiger partial charge in [0.2, 0.25) is 5.91 Å². The predicted octanol–water partition coefficient (Wildman–Crippen LogP) is 4.85. The van der Waals surface area contributed by atoms with Crippen LogP contribution in [0, 0.1) is 11.7 Å². The molecule has 32 heavy (non-hydrogen) atoms. The largest absolute Gasteiger partial charge is 0.360 e. The fraction of sp³-hybridized carbons (Fsp3) is 0.320. The Balaban J connectivity index is 1.24. The van der Waals surface area contributed by atoms with E-state index in [9.17, 15) is 14.0 Å². The second-order valence-corrected chi connectivity index (χ2v) is 8.56. The molecule has 1 atom stereocenters. The molecule has 1 N–H and O–H groups in total. The third kappa shape index (κ3) is 4.42. The minimum atomic E-state index is -0.294. The number of benzene rings is 2. The summed E-state index contributed by atoms with van der Waals surface area (Å²) in [6.45, 7) is 0.961. The van der Waals surface area contributed by atoms with E-state index in [1.807, 2.05) is 24.3 Å². The van der Waals surface area contributed by atoms with Crippen LogP contribution >= 0.6 is 0 Å².